The van der Waals surface area contributed by atoms with Gasteiger partial charge in [-0.25, -0.2) is 9.59 Å². The van der Waals surface area contributed by atoms with Crippen LogP contribution in [0.4, 0.5) is 0 Å². The molecule has 0 aliphatic rings. The minimum atomic E-state index is -0.411. The fraction of sp³-hybridized carbons (Fsp3) is 0.182. The second kappa shape index (κ2) is 6.43. The molecule has 0 saturated carbocycles. The molecular formula is C22H18O5. The molecule has 0 bridgehead atoms. The van der Waals surface area contributed by atoms with E-state index in [1.807, 2.05) is 45.0 Å². The van der Waals surface area contributed by atoms with Crippen LogP contribution in [0.15, 0.2) is 60.9 Å². The zero-order valence-corrected chi connectivity index (χ0v) is 15.3. The van der Waals surface area contributed by atoms with Gasteiger partial charge in [0.1, 0.15) is 23.5 Å². The van der Waals surface area contributed by atoms with E-state index in [1.165, 1.54) is 12.1 Å². The summed E-state index contributed by atoms with van der Waals surface area (Å²) in [6.45, 7) is 6.00. The Kier molecular flexibility index (Phi) is 4.07. The number of fused-ring (bicyclic) bond motifs is 2. The molecule has 0 aliphatic heterocycles. The van der Waals surface area contributed by atoms with Crippen LogP contribution >= 0.6 is 0 Å². The molecule has 0 spiro atoms. The van der Waals surface area contributed by atoms with Crippen LogP contribution in [-0.2, 0) is 6.61 Å². The van der Waals surface area contributed by atoms with Crippen LogP contribution in [0.1, 0.15) is 22.3 Å². The van der Waals surface area contributed by atoms with E-state index in [0.29, 0.717) is 16.9 Å². The first-order chi connectivity index (χ1) is 12.9. The monoisotopic (exact) mass is 362 g/mol. The van der Waals surface area contributed by atoms with Crippen molar-refractivity contribution in [1.82, 2.24) is 0 Å². The molecule has 5 heteroatoms. The van der Waals surface area contributed by atoms with Crippen molar-refractivity contribution in [2.45, 2.75) is 27.4 Å². The molecule has 2 aromatic carbocycles. The zero-order valence-electron chi connectivity index (χ0n) is 15.3. The molecule has 27 heavy (non-hydrogen) atoms. The van der Waals surface area contributed by atoms with Gasteiger partial charge < -0.3 is 13.6 Å². The first-order valence-corrected chi connectivity index (χ1v) is 8.62. The van der Waals surface area contributed by atoms with E-state index < -0.39 is 11.3 Å². The summed E-state index contributed by atoms with van der Waals surface area (Å²) >= 11 is 0. The average molecular weight is 362 g/mol. The Labute approximate surface area is 154 Å². The van der Waals surface area contributed by atoms with E-state index in [-0.39, 0.29) is 6.61 Å². The van der Waals surface area contributed by atoms with Crippen molar-refractivity contribution < 1.29 is 13.6 Å². The predicted octanol–water partition coefficient (Wildman–Crippen LogP) is 4.40. The van der Waals surface area contributed by atoms with Gasteiger partial charge in [0.25, 0.3) is 0 Å². The zero-order chi connectivity index (χ0) is 19.1. The number of hydrogen-bond acceptors (Lipinski definition) is 5. The van der Waals surface area contributed by atoms with Crippen LogP contribution < -0.4 is 16.0 Å². The Hall–Kier alpha value is -3.34. The summed E-state index contributed by atoms with van der Waals surface area (Å²) in [7, 11) is 0. The lowest BCUT2D eigenvalue weighted by atomic mass is 10.0. The Bertz CT molecular complexity index is 1290. The standard InChI is InChI=1S/C22H18O5/c1-12-6-14(3)22-15(9-21(24)27-19(22)7-12)11-25-16-4-5-17-13(2)8-20(23)26-18(17)10-16/h4-10H,11H2,1-3H3. The summed E-state index contributed by atoms with van der Waals surface area (Å²) in [6, 6.07) is 12.2. The van der Waals surface area contributed by atoms with E-state index in [0.717, 1.165) is 33.0 Å². The van der Waals surface area contributed by atoms with E-state index >= 15 is 0 Å². The highest BCUT2D eigenvalue weighted by molar-refractivity contribution is 5.84. The van der Waals surface area contributed by atoms with Gasteiger partial charge in [-0.3, -0.25) is 0 Å². The van der Waals surface area contributed by atoms with Crippen molar-refractivity contribution in [3.05, 3.63) is 85.6 Å². The molecule has 0 fully saturated rings. The first-order valence-electron chi connectivity index (χ1n) is 8.62. The molecule has 5 nitrogen and oxygen atoms in total. The average Bonchev–Trinajstić information content (AvgIpc) is 2.58. The van der Waals surface area contributed by atoms with Crippen LogP contribution in [0.3, 0.4) is 0 Å². The molecule has 2 heterocycles. The van der Waals surface area contributed by atoms with Crippen molar-refractivity contribution in [3.63, 3.8) is 0 Å². The van der Waals surface area contributed by atoms with Crippen LogP contribution in [0.25, 0.3) is 21.9 Å². The van der Waals surface area contributed by atoms with Crippen LogP contribution in [0.5, 0.6) is 5.75 Å². The highest BCUT2D eigenvalue weighted by atomic mass is 16.5. The van der Waals surface area contributed by atoms with Gasteiger partial charge in [-0.15, -0.1) is 0 Å². The molecule has 136 valence electrons. The second-order valence-corrected chi connectivity index (χ2v) is 6.74. The van der Waals surface area contributed by atoms with Crippen LogP contribution in [0, 0.1) is 20.8 Å². The lowest BCUT2D eigenvalue weighted by Gasteiger charge is -2.11. The Morgan fingerprint density at radius 3 is 2.37 bits per heavy atom. The molecule has 0 saturated heterocycles. The van der Waals surface area contributed by atoms with E-state index in [4.69, 9.17) is 13.6 Å². The maximum absolute atomic E-state index is 11.9. The number of ether oxygens (including phenoxy) is 1. The molecule has 0 N–H and O–H groups in total. The van der Waals surface area contributed by atoms with Crippen molar-refractivity contribution in [2.75, 3.05) is 0 Å². The third-order valence-corrected chi connectivity index (χ3v) is 4.58. The van der Waals surface area contributed by atoms with Gasteiger partial charge in [0, 0.05) is 34.5 Å². The number of benzene rings is 2. The first kappa shape index (κ1) is 17.1. The van der Waals surface area contributed by atoms with Gasteiger partial charge in [-0.05, 0) is 55.7 Å². The lowest BCUT2D eigenvalue weighted by molar-refractivity contribution is 0.306. The van der Waals surface area contributed by atoms with E-state index in [1.54, 1.807) is 6.07 Å². The summed E-state index contributed by atoms with van der Waals surface area (Å²) in [5.74, 6) is 0.558. The summed E-state index contributed by atoms with van der Waals surface area (Å²) in [6.07, 6.45) is 0. The van der Waals surface area contributed by atoms with Gasteiger partial charge in [-0.2, -0.15) is 0 Å². The van der Waals surface area contributed by atoms with Gasteiger partial charge >= 0.3 is 11.3 Å². The number of rotatable bonds is 3. The van der Waals surface area contributed by atoms with Gasteiger partial charge in [0.05, 0.1) is 0 Å². The maximum Gasteiger partial charge on any atom is 0.336 e. The van der Waals surface area contributed by atoms with Crippen molar-refractivity contribution >= 4 is 21.9 Å². The highest BCUT2D eigenvalue weighted by Gasteiger charge is 2.11. The Morgan fingerprint density at radius 2 is 1.56 bits per heavy atom. The molecule has 4 rings (SSSR count). The van der Waals surface area contributed by atoms with Crippen molar-refractivity contribution in [1.29, 1.82) is 0 Å². The van der Waals surface area contributed by atoms with Crippen LogP contribution in [0.2, 0.25) is 0 Å². The fourth-order valence-electron chi connectivity index (χ4n) is 3.44. The Balaban J connectivity index is 1.72. The topological polar surface area (TPSA) is 69.7 Å². The number of aryl methyl sites for hydroxylation is 3. The van der Waals surface area contributed by atoms with Gasteiger partial charge in [0.2, 0.25) is 0 Å². The third kappa shape index (κ3) is 3.24. The minimum absolute atomic E-state index is 0.202. The van der Waals surface area contributed by atoms with Gasteiger partial charge in [0.15, 0.2) is 0 Å². The van der Waals surface area contributed by atoms with Crippen LogP contribution in [-0.4, -0.2) is 0 Å². The molecule has 2 aromatic heterocycles. The molecule has 4 aromatic rings. The maximum atomic E-state index is 11.9. The summed E-state index contributed by atoms with van der Waals surface area (Å²) < 4.78 is 16.5. The largest absolute Gasteiger partial charge is 0.489 e. The fourth-order valence-corrected chi connectivity index (χ4v) is 3.44. The molecule has 0 amide bonds. The summed E-state index contributed by atoms with van der Waals surface area (Å²) in [5.41, 5.74) is 3.88. The smallest absolute Gasteiger partial charge is 0.336 e. The SMILES string of the molecule is Cc1cc(C)c2c(COc3ccc4c(C)cc(=O)oc4c3)cc(=O)oc2c1. The quantitative estimate of drug-likeness (QED) is 0.505. The molecule has 0 aliphatic carbocycles. The summed E-state index contributed by atoms with van der Waals surface area (Å²) in [5, 5.41) is 1.74. The minimum Gasteiger partial charge on any atom is -0.489 e. The van der Waals surface area contributed by atoms with Crippen molar-refractivity contribution in [2.24, 2.45) is 0 Å². The molecule has 0 radical (unpaired) electrons. The normalized spacial score (nSPS) is 11.2. The van der Waals surface area contributed by atoms with E-state index in [2.05, 4.69) is 0 Å². The highest BCUT2D eigenvalue weighted by Crippen LogP contribution is 2.26. The molecular weight excluding hydrogens is 344 g/mol. The molecule has 0 unspecified atom stereocenters. The van der Waals surface area contributed by atoms with Crippen molar-refractivity contribution in [3.8, 4) is 5.75 Å². The predicted molar refractivity (Wildman–Crippen MR) is 104 cm³/mol. The van der Waals surface area contributed by atoms with E-state index in [9.17, 15) is 9.59 Å². The summed E-state index contributed by atoms with van der Waals surface area (Å²) in [4.78, 5) is 23.5. The second-order valence-electron chi connectivity index (χ2n) is 6.74. The molecule has 0 atom stereocenters. The lowest BCUT2D eigenvalue weighted by Crippen LogP contribution is -2.05. The third-order valence-electron chi connectivity index (χ3n) is 4.58. The number of hydrogen-bond donors (Lipinski definition) is 0. The van der Waals surface area contributed by atoms with Gasteiger partial charge in [-0.1, -0.05) is 6.07 Å². The Morgan fingerprint density at radius 1 is 0.815 bits per heavy atom.